The molecular formula is C17H18N4O4S. The van der Waals surface area contributed by atoms with E-state index in [1.54, 1.807) is 18.2 Å². The lowest BCUT2D eigenvalue weighted by molar-refractivity contribution is 0.0944. The minimum absolute atomic E-state index is 0.0284. The SMILES string of the molecule is CC(C)NC(=O)c1ccccc1NS(=O)(=O)c1ccc2[nH]c(=O)[nH]c2c1. The maximum atomic E-state index is 12.7. The number of aromatic nitrogens is 2. The number of hydrogen-bond acceptors (Lipinski definition) is 4. The smallest absolute Gasteiger partial charge is 0.323 e. The average molecular weight is 374 g/mol. The van der Waals surface area contributed by atoms with Gasteiger partial charge in [0.05, 0.1) is 27.2 Å². The van der Waals surface area contributed by atoms with E-state index in [0.29, 0.717) is 11.0 Å². The van der Waals surface area contributed by atoms with E-state index in [-0.39, 0.29) is 28.1 Å². The highest BCUT2D eigenvalue weighted by atomic mass is 32.2. The molecule has 1 amide bonds. The first-order valence-electron chi connectivity index (χ1n) is 7.91. The predicted octanol–water partition coefficient (Wildman–Crippen LogP) is 1.80. The van der Waals surface area contributed by atoms with Gasteiger partial charge in [0, 0.05) is 6.04 Å². The number of carbonyl (C=O) groups is 1. The molecule has 0 aliphatic carbocycles. The molecule has 0 radical (unpaired) electrons. The summed E-state index contributed by atoms with van der Waals surface area (Å²) in [6.07, 6.45) is 0. The molecule has 0 saturated heterocycles. The minimum atomic E-state index is -3.95. The number of fused-ring (bicyclic) bond motifs is 1. The molecule has 8 nitrogen and oxygen atoms in total. The average Bonchev–Trinajstić information content (AvgIpc) is 2.93. The molecule has 2 aromatic carbocycles. The van der Waals surface area contributed by atoms with E-state index in [9.17, 15) is 18.0 Å². The molecule has 4 N–H and O–H groups in total. The molecule has 3 rings (SSSR count). The predicted molar refractivity (Wildman–Crippen MR) is 98.8 cm³/mol. The van der Waals surface area contributed by atoms with Crippen molar-refractivity contribution in [1.82, 2.24) is 15.3 Å². The molecule has 0 spiro atoms. The highest BCUT2D eigenvalue weighted by Crippen LogP contribution is 2.22. The van der Waals surface area contributed by atoms with Gasteiger partial charge in [-0.05, 0) is 44.2 Å². The third-order valence-corrected chi connectivity index (χ3v) is 5.00. The van der Waals surface area contributed by atoms with E-state index >= 15 is 0 Å². The van der Waals surface area contributed by atoms with E-state index in [2.05, 4.69) is 20.0 Å². The summed E-state index contributed by atoms with van der Waals surface area (Å²) in [7, 11) is -3.95. The fourth-order valence-electron chi connectivity index (χ4n) is 2.49. The van der Waals surface area contributed by atoms with Crippen molar-refractivity contribution in [2.45, 2.75) is 24.8 Å². The minimum Gasteiger partial charge on any atom is -0.350 e. The number of anilines is 1. The highest BCUT2D eigenvalue weighted by molar-refractivity contribution is 7.92. The highest BCUT2D eigenvalue weighted by Gasteiger charge is 2.19. The summed E-state index contributed by atoms with van der Waals surface area (Å²) in [5, 5.41) is 2.73. The van der Waals surface area contributed by atoms with Gasteiger partial charge in [-0.25, -0.2) is 13.2 Å². The number of amides is 1. The van der Waals surface area contributed by atoms with Crippen molar-refractivity contribution in [1.29, 1.82) is 0 Å². The number of sulfonamides is 1. The maximum absolute atomic E-state index is 12.7. The van der Waals surface area contributed by atoms with Crippen molar-refractivity contribution in [3.8, 4) is 0 Å². The third kappa shape index (κ3) is 3.62. The van der Waals surface area contributed by atoms with Crippen LogP contribution in [-0.4, -0.2) is 30.3 Å². The first-order valence-corrected chi connectivity index (χ1v) is 9.39. The Labute approximate surface area is 149 Å². The van der Waals surface area contributed by atoms with Gasteiger partial charge in [0.2, 0.25) is 0 Å². The lowest BCUT2D eigenvalue weighted by Gasteiger charge is -2.14. The molecule has 0 saturated carbocycles. The largest absolute Gasteiger partial charge is 0.350 e. The van der Waals surface area contributed by atoms with Crippen LogP contribution in [0.4, 0.5) is 5.69 Å². The van der Waals surface area contributed by atoms with Crippen LogP contribution in [0.2, 0.25) is 0 Å². The summed E-state index contributed by atoms with van der Waals surface area (Å²) in [5.74, 6) is -0.372. The van der Waals surface area contributed by atoms with E-state index in [1.807, 2.05) is 13.8 Å². The molecule has 9 heteroatoms. The van der Waals surface area contributed by atoms with Crippen LogP contribution in [0.25, 0.3) is 11.0 Å². The molecule has 26 heavy (non-hydrogen) atoms. The second-order valence-electron chi connectivity index (χ2n) is 6.07. The van der Waals surface area contributed by atoms with Gasteiger partial charge in [-0.2, -0.15) is 0 Å². The molecule has 0 atom stereocenters. The van der Waals surface area contributed by atoms with Crippen LogP contribution in [-0.2, 0) is 10.0 Å². The number of aromatic amines is 2. The lowest BCUT2D eigenvalue weighted by Crippen LogP contribution is -2.31. The first kappa shape index (κ1) is 17.7. The number of imidazole rings is 1. The third-order valence-electron chi connectivity index (χ3n) is 3.63. The number of benzene rings is 2. The summed E-state index contributed by atoms with van der Waals surface area (Å²) in [4.78, 5) is 28.7. The monoisotopic (exact) mass is 374 g/mol. The van der Waals surface area contributed by atoms with Crippen molar-refractivity contribution < 1.29 is 13.2 Å². The number of para-hydroxylation sites is 1. The number of hydrogen-bond donors (Lipinski definition) is 4. The van der Waals surface area contributed by atoms with Crippen LogP contribution in [0, 0.1) is 0 Å². The van der Waals surface area contributed by atoms with Crippen LogP contribution in [0.1, 0.15) is 24.2 Å². The van der Waals surface area contributed by atoms with Crippen molar-refractivity contribution in [2.75, 3.05) is 4.72 Å². The van der Waals surface area contributed by atoms with Crippen molar-refractivity contribution >= 4 is 32.7 Å². The fraction of sp³-hybridized carbons (Fsp3) is 0.176. The van der Waals surface area contributed by atoms with Gasteiger partial charge in [0.25, 0.3) is 15.9 Å². The van der Waals surface area contributed by atoms with E-state index < -0.39 is 15.7 Å². The quantitative estimate of drug-likeness (QED) is 0.543. The summed E-state index contributed by atoms with van der Waals surface area (Å²) < 4.78 is 27.8. The molecule has 136 valence electrons. The van der Waals surface area contributed by atoms with Crippen LogP contribution >= 0.6 is 0 Å². The lowest BCUT2D eigenvalue weighted by atomic mass is 10.1. The second-order valence-corrected chi connectivity index (χ2v) is 7.75. The molecule has 0 bridgehead atoms. The molecule has 0 aliphatic rings. The molecule has 0 fully saturated rings. The molecule has 0 unspecified atom stereocenters. The number of carbonyl (C=O) groups excluding carboxylic acids is 1. The van der Waals surface area contributed by atoms with Gasteiger partial charge in [-0.3, -0.25) is 9.52 Å². The van der Waals surface area contributed by atoms with E-state index in [1.165, 1.54) is 24.3 Å². The maximum Gasteiger partial charge on any atom is 0.323 e. The zero-order valence-electron chi connectivity index (χ0n) is 14.2. The van der Waals surface area contributed by atoms with Gasteiger partial charge in [-0.1, -0.05) is 12.1 Å². The van der Waals surface area contributed by atoms with Crippen LogP contribution in [0.3, 0.4) is 0 Å². The molecule has 3 aromatic rings. The van der Waals surface area contributed by atoms with Crippen molar-refractivity contribution in [2.24, 2.45) is 0 Å². The number of H-pyrrole nitrogens is 2. The summed E-state index contributed by atoms with van der Waals surface area (Å²) in [6.45, 7) is 3.63. The molecule has 1 aromatic heterocycles. The van der Waals surface area contributed by atoms with Crippen molar-refractivity contribution in [3.05, 3.63) is 58.5 Å². The van der Waals surface area contributed by atoms with Gasteiger partial charge >= 0.3 is 5.69 Å². The Hall–Kier alpha value is -3.07. The zero-order valence-corrected chi connectivity index (χ0v) is 15.0. The van der Waals surface area contributed by atoms with E-state index in [0.717, 1.165) is 0 Å². The fourth-order valence-corrected chi connectivity index (χ4v) is 3.60. The normalized spacial score (nSPS) is 11.7. The standard InChI is InChI=1S/C17H18N4O4S/c1-10(2)18-16(22)12-5-3-4-6-13(12)21-26(24,25)11-7-8-14-15(9-11)20-17(23)19-14/h3-10,21H,1-2H3,(H,18,22)(H2,19,20,23). The number of rotatable bonds is 5. The van der Waals surface area contributed by atoms with Gasteiger partial charge < -0.3 is 15.3 Å². The summed E-state index contributed by atoms with van der Waals surface area (Å²) in [6, 6.07) is 10.5. The van der Waals surface area contributed by atoms with Gasteiger partial charge in [0.15, 0.2) is 0 Å². The second kappa shape index (κ2) is 6.68. The van der Waals surface area contributed by atoms with Crippen LogP contribution < -0.4 is 15.7 Å². The van der Waals surface area contributed by atoms with Gasteiger partial charge in [-0.15, -0.1) is 0 Å². The topological polar surface area (TPSA) is 124 Å². The Morgan fingerprint density at radius 2 is 1.73 bits per heavy atom. The zero-order chi connectivity index (χ0) is 18.9. The molecule has 1 heterocycles. The van der Waals surface area contributed by atoms with Gasteiger partial charge in [0.1, 0.15) is 0 Å². The molecular weight excluding hydrogens is 356 g/mol. The van der Waals surface area contributed by atoms with E-state index in [4.69, 9.17) is 0 Å². The Kier molecular flexibility index (Phi) is 4.56. The van der Waals surface area contributed by atoms with Crippen LogP contribution in [0.15, 0.2) is 52.2 Å². The first-order chi connectivity index (χ1) is 12.3. The van der Waals surface area contributed by atoms with Crippen molar-refractivity contribution in [3.63, 3.8) is 0 Å². The Bertz CT molecular complexity index is 1130. The number of nitrogens with one attached hydrogen (secondary N) is 4. The molecule has 0 aliphatic heterocycles. The Morgan fingerprint density at radius 3 is 2.46 bits per heavy atom. The summed E-state index contributed by atoms with van der Waals surface area (Å²) >= 11 is 0. The summed E-state index contributed by atoms with van der Waals surface area (Å²) in [5.41, 5.74) is 0.863. The Balaban J connectivity index is 1.96. The van der Waals surface area contributed by atoms with Crippen LogP contribution in [0.5, 0.6) is 0 Å². The Morgan fingerprint density at radius 1 is 1.04 bits per heavy atom.